The Balaban J connectivity index is 1.66. The van der Waals surface area contributed by atoms with Crippen LogP contribution < -0.4 is 11.2 Å². The van der Waals surface area contributed by atoms with Crippen molar-refractivity contribution in [1.29, 1.82) is 0 Å². The SMILES string of the molecule is Cc1cc(S(=O)(=O)N2CCN(C(=O)Cn3ccc(=O)[nH]c3=O)CC2)c(C)s1. The molecule has 1 fully saturated rings. The van der Waals surface area contributed by atoms with Crippen molar-refractivity contribution in [1.82, 2.24) is 18.8 Å². The Kier molecular flexibility index (Phi) is 5.36. The van der Waals surface area contributed by atoms with Crippen molar-refractivity contribution in [3.8, 4) is 0 Å². The number of nitrogens with one attached hydrogen (secondary N) is 1. The number of H-pyrrole nitrogens is 1. The molecule has 1 aliphatic rings. The topological polar surface area (TPSA) is 113 Å². The Morgan fingerprint density at radius 2 is 1.85 bits per heavy atom. The number of hydrogen-bond acceptors (Lipinski definition) is 6. The molecule has 146 valence electrons. The molecule has 0 atom stereocenters. The van der Waals surface area contributed by atoms with E-state index in [4.69, 9.17) is 0 Å². The van der Waals surface area contributed by atoms with Crippen LogP contribution >= 0.6 is 11.3 Å². The lowest BCUT2D eigenvalue weighted by Crippen LogP contribution is -2.51. The van der Waals surface area contributed by atoms with E-state index in [2.05, 4.69) is 4.98 Å². The van der Waals surface area contributed by atoms with Crippen LogP contribution in [0.1, 0.15) is 9.75 Å². The molecule has 11 heteroatoms. The van der Waals surface area contributed by atoms with E-state index in [-0.39, 0.29) is 38.6 Å². The van der Waals surface area contributed by atoms with E-state index in [1.165, 1.54) is 32.8 Å². The standard InChI is InChI=1S/C16H20N4O5S2/c1-11-9-13(12(2)26-11)27(24,25)20-7-5-18(6-8-20)15(22)10-19-4-3-14(21)17-16(19)23/h3-4,9H,5-8,10H2,1-2H3,(H,17,21,23). The van der Waals surface area contributed by atoms with E-state index in [1.807, 2.05) is 6.92 Å². The highest BCUT2D eigenvalue weighted by molar-refractivity contribution is 7.89. The second-order valence-corrected chi connectivity index (χ2v) is 9.67. The molecule has 3 rings (SSSR count). The molecule has 1 saturated heterocycles. The third kappa shape index (κ3) is 4.04. The molecule has 3 heterocycles. The number of aromatic amines is 1. The quantitative estimate of drug-likeness (QED) is 0.744. The largest absolute Gasteiger partial charge is 0.338 e. The summed E-state index contributed by atoms with van der Waals surface area (Å²) in [6.07, 6.45) is 1.27. The number of rotatable bonds is 4. The maximum atomic E-state index is 12.8. The molecule has 27 heavy (non-hydrogen) atoms. The molecule has 2 aromatic heterocycles. The predicted octanol–water partition coefficient (Wildman–Crippen LogP) is -0.252. The van der Waals surface area contributed by atoms with Gasteiger partial charge in [0, 0.05) is 48.2 Å². The van der Waals surface area contributed by atoms with E-state index in [1.54, 1.807) is 13.0 Å². The third-order valence-corrected chi connectivity index (χ3v) is 7.53. The first-order valence-electron chi connectivity index (χ1n) is 8.33. The number of sulfonamides is 1. The Bertz CT molecular complexity index is 1070. The highest BCUT2D eigenvalue weighted by Crippen LogP contribution is 2.28. The van der Waals surface area contributed by atoms with Gasteiger partial charge in [-0.2, -0.15) is 4.31 Å². The van der Waals surface area contributed by atoms with Crippen molar-refractivity contribution < 1.29 is 13.2 Å². The van der Waals surface area contributed by atoms with Gasteiger partial charge in [0.15, 0.2) is 0 Å². The fourth-order valence-electron chi connectivity index (χ4n) is 2.99. The lowest BCUT2D eigenvalue weighted by atomic mass is 10.3. The number of hydrogen-bond donors (Lipinski definition) is 1. The normalized spacial score (nSPS) is 15.9. The van der Waals surface area contributed by atoms with Gasteiger partial charge in [-0.25, -0.2) is 13.2 Å². The minimum Gasteiger partial charge on any atom is -0.338 e. The van der Waals surface area contributed by atoms with Crippen molar-refractivity contribution in [2.24, 2.45) is 0 Å². The Morgan fingerprint density at radius 3 is 2.41 bits per heavy atom. The van der Waals surface area contributed by atoms with Crippen LogP contribution in [0.5, 0.6) is 0 Å². The van der Waals surface area contributed by atoms with Crippen molar-refractivity contribution in [3.05, 3.63) is 48.9 Å². The van der Waals surface area contributed by atoms with E-state index in [0.29, 0.717) is 4.90 Å². The molecule has 2 aromatic rings. The van der Waals surface area contributed by atoms with Gasteiger partial charge in [0.25, 0.3) is 5.56 Å². The average molecular weight is 412 g/mol. The summed E-state index contributed by atoms with van der Waals surface area (Å²) in [7, 11) is -3.58. The molecular formula is C16H20N4O5S2. The molecule has 0 saturated carbocycles. The smallest absolute Gasteiger partial charge is 0.328 e. The number of carbonyl (C=O) groups is 1. The lowest BCUT2D eigenvalue weighted by molar-refractivity contribution is -0.133. The van der Waals surface area contributed by atoms with E-state index in [0.717, 1.165) is 14.3 Å². The van der Waals surface area contributed by atoms with Gasteiger partial charge in [-0.05, 0) is 19.9 Å². The number of amides is 1. The molecule has 0 bridgehead atoms. The van der Waals surface area contributed by atoms with Crippen LogP contribution in [0.3, 0.4) is 0 Å². The second-order valence-electron chi connectivity index (χ2n) is 6.30. The summed E-state index contributed by atoms with van der Waals surface area (Å²) in [4.78, 5) is 40.8. The second kappa shape index (κ2) is 7.41. The van der Waals surface area contributed by atoms with E-state index >= 15 is 0 Å². The molecular weight excluding hydrogens is 392 g/mol. The Hall–Kier alpha value is -2.24. The molecule has 1 aliphatic heterocycles. The highest BCUT2D eigenvalue weighted by Gasteiger charge is 2.31. The molecule has 0 spiro atoms. The molecule has 1 N–H and O–H groups in total. The van der Waals surface area contributed by atoms with Crippen molar-refractivity contribution in [3.63, 3.8) is 0 Å². The molecule has 1 amide bonds. The number of thiophene rings is 1. The number of aryl methyl sites for hydroxylation is 2. The van der Waals surface area contributed by atoms with Gasteiger partial charge in [-0.3, -0.25) is 19.1 Å². The number of nitrogens with zero attached hydrogens (tertiary/aromatic N) is 3. The maximum Gasteiger partial charge on any atom is 0.328 e. The summed E-state index contributed by atoms with van der Waals surface area (Å²) in [5.41, 5.74) is -1.18. The summed E-state index contributed by atoms with van der Waals surface area (Å²) in [6.45, 7) is 4.34. The fraction of sp³-hybridized carbons (Fsp3) is 0.438. The van der Waals surface area contributed by atoms with Crippen LogP contribution in [0.2, 0.25) is 0 Å². The first-order valence-corrected chi connectivity index (χ1v) is 10.6. The average Bonchev–Trinajstić information content (AvgIpc) is 2.96. The zero-order chi connectivity index (χ0) is 19.8. The zero-order valence-corrected chi connectivity index (χ0v) is 16.6. The van der Waals surface area contributed by atoms with Gasteiger partial charge < -0.3 is 4.90 Å². The van der Waals surface area contributed by atoms with Crippen molar-refractivity contribution in [2.45, 2.75) is 25.3 Å². The summed E-state index contributed by atoms with van der Waals surface area (Å²) in [5, 5.41) is 0. The zero-order valence-electron chi connectivity index (χ0n) is 15.0. The van der Waals surface area contributed by atoms with Crippen LogP contribution in [0.15, 0.2) is 32.8 Å². The first kappa shape index (κ1) is 19.5. The van der Waals surface area contributed by atoms with Crippen molar-refractivity contribution in [2.75, 3.05) is 26.2 Å². The summed E-state index contributed by atoms with van der Waals surface area (Å²) in [5.74, 6) is -0.302. The molecule has 0 aliphatic carbocycles. The molecule has 9 nitrogen and oxygen atoms in total. The summed E-state index contributed by atoms with van der Waals surface area (Å²) < 4.78 is 28.1. The molecule has 0 aromatic carbocycles. The number of carbonyl (C=O) groups excluding carboxylic acids is 1. The van der Waals surface area contributed by atoms with Crippen LogP contribution in [-0.2, 0) is 21.4 Å². The van der Waals surface area contributed by atoms with Crippen LogP contribution in [0.25, 0.3) is 0 Å². The van der Waals surface area contributed by atoms with Gasteiger partial charge >= 0.3 is 5.69 Å². The van der Waals surface area contributed by atoms with E-state index in [9.17, 15) is 22.8 Å². The minimum atomic E-state index is -3.58. The van der Waals surface area contributed by atoms with Gasteiger partial charge in [-0.15, -0.1) is 11.3 Å². The van der Waals surface area contributed by atoms with E-state index < -0.39 is 21.3 Å². The van der Waals surface area contributed by atoms with Crippen LogP contribution in [0, 0.1) is 13.8 Å². The van der Waals surface area contributed by atoms with Gasteiger partial charge in [-0.1, -0.05) is 0 Å². The monoisotopic (exact) mass is 412 g/mol. The van der Waals surface area contributed by atoms with Crippen LogP contribution in [0.4, 0.5) is 0 Å². The van der Waals surface area contributed by atoms with Gasteiger partial charge in [0.05, 0.1) is 4.90 Å². The summed E-state index contributed by atoms with van der Waals surface area (Å²) in [6, 6.07) is 2.85. The Labute approximate surface area is 159 Å². The first-order chi connectivity index (χ1) is 12.7. The van der Waals surface area contributed by atoms with Crippen LogP contribution in [-0.4, -0.2) is 59.3 Å². The molecule has 0 radical (unpaired) electrons. The number of piperazine rings is 1. The maximum absolute atomic E-state index is 12.8. The third-order valence-electron chi connectivity index (χ3n) is 4.41. The predicted molar refractivity (Wildman–Crippen MR) is 100 cm³/mol. The summed E-state index contributed by atoms with van der Waals surface area (Å²) >= 11 is 1.44. The highest BCUT2D eigenvalue weighted by atomic mass is 32.2. The Morgan fingerprint density at radius 1 is 1.19 bits per heavy atom. The number of aromatic nitrogens is 2. The van der Waals surface area contributed by atoms with Crippen molar-refractivity contribution >= 4 is 27.3 Å². The molecule has 0 unspecified atom stereocenters. The fourth-order valence-corrected chi connectivity index (χ4v) is 5.94. The minimum absolute atomic E-state index is 0.197. The van der Waals surface area contributed by atoms with Gasteiger partial charge in [0.2, 0.25) is 15.9 Å². The lowest BCUT2D eigenvalue weighted by Gasteiger charge is -2.34. The van der Waals surface area contributed by atoms with Gasteiger partial charge in [0.1, 0.15) is 6.54 Å².